The van der Waals surface area contributed by atoms with E-state index in [0.717, 1.165) is 12.8 Å². The highest BCUT2D eigenvalue weighted by Crippen LogP contribution is 2.24. The molecule has 1 fully saturated rings. The Morgan fingerprint density at radius 3 is 2.53 bits per heavy atom. The van der Waals surface area contributed by atoms with Crippen LogP contribution in [-0.4, -0.2) is 41.3 Å². The highest BCUT2D eigenvalue weighted by Gasteiger charge is 2.29. The molecule has 0 aliphatic carbocycles. The van der Waals surface area contributed by atoms with Crippen molar-refractivity contribution in [1.29, 1.82) is 0 Å². The normalized spacial score (nSPS) is 19.1. The number of nitrogens with zero attached hydrogens (tertiary/aromatic N) is 3. The summed E-state index contributed by atoms with van der Waals surface area (Å²) in [5.74, 6) is 0.898. The molecule has 0 spiro atoms. The van der Waals surface area contributed by atoms with Gasteiger partial charge in [-0.15, -0.1) is 0 Å². The first kappa shape index (κ1) is 14.3. The van der Waals surface area contributed by atoms with Gasteiger partial charge in [0.25, 0.3) is 0 Å². The first-order valence-electron chi connectivity index (χ1n) is 6.67. The smallest absolute Gasteiger partial charge is 0.214 e. The minimum atomic E-state index is -3.10. The third kappa shape index (κ3) is 3.48. The fraction of sp³-hybridized carbons (Fsp3) is 0.750. The van der Waals surface area contributed by atoms with E-state index in [2.05, 4.69) is 5.10 Å². The Kier molecular flexibility index (Phi) is 4.15. The van der Waals surface area contributed by atoms with Crippen molar-refractivity contribution in [3.05, 3.63) is 12.3 Å². The largest absolute Gasteiger partial charge is 0.382 e. The molecular weight excluding hydrogens is 264 g/mol. The van der Waals surface area contributed by atoms with Crippen LogP contribution in [0.4, 0.5) is 5.82 Å². The second kappa shape index (κ2) is 5.50. The average molecular weight is 286 g/mol. The van der Waals surface area contributed by atoms with Crippen molar-refractivity contribution in [2.75, 3.05) is 24.6 Å². The quantitative estimate of drug-likeness (QED) is 0.898. The van der Waals surface area contributed by atoms with Crippen molar-refractivity contribution in [2.45, 2.75) is 32.7 Å². The van der Waals surface area contributed by atoms with E-state index in [9.17, 15) is 8.42 Å². The van der Waals surface area contributed by atoms with Gasteiger partial charge in [0.1, 0.15) is 5.82 Å². The molecule has 108 valence electrons. The summed E-state index contributed by atoms with van der Waals surface area (Å²) >= 11 is 0. The van der Waals surface area contributed by atoms with Crippen LogP contribution >= 0.6 is 0 Å². The predicted octanol–water partition coefficient (Wildman–Crippen LogP) is 1.09. The second-order valence-corrected chi connectivity index (χ2v) is 7.54. The van der Waals surface area contributed by atoms with E-state index in [1.54, 1.807) is 10.4 Å². The van der Waals surface area contributed by atoms with Crippen molar-refractivity contribution in [3.63, 3.8) is 0 Å². The first-order chi connectivity index (χ1) is 8.88. The summed E-state index contributed by atoms with van der Waals surface area (Å²) < 4.78 is 27.7. The number of hydrogen-bond acceptors (Lipinski definition) is 4. The maximum absolute atomic E-state index is 12.1. The average Bonchev–Trinajstić information content (AvgIpc) is 2.74. The highest BCUT2D eigenvalue weighted by atomic mass is 32.2. The second-order valence-electron chi connectivity index (χ2n) is 5.52. The molecule has 6 nitrogen and oxygen atoms in total. The molecular formula is C12H22N4O2S. The molecule has 0 atom stereocenters. The number of sulfonamides is 1. The van der Waals surface area contributed by atoms with Gasteiger partial charge in [-0.05, 0) is 24.8 Å². The van der Waals surface area contributed by atoms with E-state index < -0.39 is 10.0 Å². The summed E-state index contributed by atoms with van der Waals surface area (Å²) in [6, 6.07) is 2.02. The lowest BCUT2D eigenvalue weighted by Crippen LogP contribution is -2.41. The Labute approximate surface area is 114 Å². The van der Waals surface area contributed by atoms with Crippen molar-refractivity contribution >= 4 is 15.8 Å². The van der Waals surface area contributed by atoms with Gasteiger partial charge in [-0.1, -0.05) is 13.8 Å². The van der Waals surface area contributed by atoms with Crippen molar-refractivity contribution in [3.8, 4) is 0 Å². The molecule has 1 aromatic rings. The van der Waals surface area contributed by atoms with Crippen LogP contribution in [0, 0.1) is 5.92 Å². The molecule has 19 heavy (non-hydrogen) atoms. The molecule has 1 aliphatic rings. The molecule has 2 rings (SSSR count). The maximum atomic E-state index is 12.1. The Morgan fingerprint density at radius 2 is 2.05 bits per heavy atom. The highest BCUT2D eigenvalue weighted by molar-refractivity contribution is 7.89. The van der Waals surface area contributed by atoms with Crippen LogP contribution in [0.5, 0.6) is 0 Å². The van der Waals surface area contributed by atoms with Gasteiger partial charge in [0, 0.05) is 19.3 Å². The van der Waals surface area contributed by atoms with Crippen LogP contribution in [0.15, 0.2) is 12.3 Å². The minimum absolute atomic E-state index is 0.161. The number of nitrogens with two attached hydrogens (primary N) is 1. The predicted molar refractivity (Wildman–Crippen MR) is 75.1 cm³/mol. The van der Waals surface area contributed by atoms with Gasteiger partial charge in [-0.3, -0.25) is 4.68 Å². The van der Waals surface area contributed by atoms with E-state index in [1.165, 1.54) is 0 Å². The molecule has 0 aromatic carbocycles. The summed E-state index contributed by atoms with van der Waals surface area (Å²) in [5, 5.41) is 4.20. The lowest BCUT2D eigenvalue weighted by atomic mass is 10.1. The topological polar surface area (TPSA) is 81.2 Å². The molecule has 7 heteroatoms. The number of nitrogen functional groups attached to an aromatic ring is 1. The van der Waals surface area contributed by atoms with Gasteiger partial charge in [-0.25, -0.2) is 12.7 Å². The SMILES string of the molecule is CC(C)CS(=O)(=O)N1CCC(n2ccc(N)n2)CC1. The Balaban J connectivity index is 1.96. The molecule has 0 bridgehead atoms. The lowest BCUT2D eigenvalue weighted by molar-refractivity contribution is 0.261. The summed E-state index contributed by atoms with van der Waals surface area (Å²) in [6.45, 7) is 4.99. The summed E-state index contributed by atoms with van der Waals surface area (Å²) in [4.78, 5) is 0. The Bertz CT molecular complexity index is 516. The van der Waals surface area contributed by atoms with Gasteiger partial charge in [-0.2, -0.15) is 5.10 Å². The molecule has 1 aromatic heterocycles. The molecule has 1 aliphatic heterocycles. The minimum Gasteiger partial charge on any atom is -0.382 e. The zero-order chi connectivity index (χ0) is 14.0. The van der Waals surface area contributed by atoms with Gasteiger partial charge >= 0.3 is 0 Å². The number of rotatable bonds is 4. The van der Waals surface area contributed by atoms with Gasteiger partial charge < -0.3 is 5.73 Å². The number of piperidine rings is 1. The fourth-order valence-electron chi connectivity index (χ4n) is 2.47. The summed E-state index contributed by atoms with van der Waals surface area (Å²) in [7, 11) is -3.10. The Hall–Kier alpha value is -1.08. The summed E-state index contributed by atoms with van der Waals surface area (Å²) in [5.41, 5.74) is 5.60. The van der Waals surface area contributed by atoms with Gasteiger partial charge in [0.15, 0.2) is 0 Å². The van der Waals surface area contributed by atoms with Gasteiger partial charge in [0.05, 0.1) is 11.8 Å². The zero-order valence-corrected chi connectivity index (χ0v) is 12.3. The fourth-order valence-corrected chi connectivity index (χ4v) is 4.29. The maximum Gasteiger partial charge on any atom is 0.214 e. The third-order valence-corrected chi connectivity index (χ3v) is 5.60. The standard InChI is InChI=1S/C12H22N4O2S/c1-10(2)9-19(17,18)15-6-3-11(4-7-15)16-8-5-12(13)14-16/h5,8,10-11H,3-4,6-7,9H2,1-2H3,(H2,13,14). The van der Waals surface area contributed by atoms with Crippen LogP contribution in [-0.2, 0) is 10.0 Å². The molecule has 0 saturated carbocycles. The molecule has 0 unspecified atom stereocenters. The van der Waals surface area contributed by atoms with E-state index in [0.29, 0.717) is 18.9 Å². The zero-order valence-electron chi connectivity index (χ0n) is 11.5. The third-order valence-electron chi connectivity index (χ3n) is 3.36. The van der Waals surface area contributed by atoms with Crippen LogP contribution in [0.25, 0.3) is 0 Å². The van der Waals surface area contributed by atoms with E-state index >= 15 is 0 Å². The molecule has 1 saturated heterocycles. The van der Waals surface area contributed by atoms with E-state index in [-0.39, 0.29) is 17.7 Å². The van der Waals surface area contributed by atoms with Crippen LogP contribution in [0.3, 0.4) is 0 Å². The molecule has 0 radical (unpaired) electrons. The molecule has 2 N–H and O–H groups in total. The summed E-state index contributed by atoms with van der Waals surface area (Å²) in [6.07, 6.45) is 3.44. The van der Waals surface area contributed by atoms with Crippen molar-refractivity contribution in [2.24, 2.45) is 5.92 Å². The van der Waals surface area contributed by atoms with Crippen LogP contribution in [0.2, 0.25) is 0 Å². The van der Waals surface area contributed by atoms with Crippen LogP contribution < -0.4 is 5.73 Å². The monoisotopic (exact) mass is 286 g/mol. The van der Waals surface area contributed by atoms with Crippen molar-refractivity contribution < 1.29 is 8.42 Å². The van der Waals surface area contributed by atoms with Gasteiger partial charge in [0.2, 0.25) is 10.0 Å². The van der Waals surface area contributed by atoms with Crippen LogP contribution in [0.1, 0.15) is 32.7 Å². The first-order valence-corrected chi connectivity index (χ1v) is 8.28. The molecule has 0 amide bonds. The van der Waals surface area contributed by atoms with Crippen molar-refractivity contribution in [1.82, 2.24) is 14.1 Å². The number of anilines is 1. The van der Waals surface area contributed by atoms with E-state index in [1.807, 2.05) is 24.7 Å². The number of aromatic nitrogens is 2. The molecule has 2 heterocycles. The Morgan fingerprint density at radius 1 is 1.42 bits per heavy atom. The number of hydrogen-bond donors (Lipinski definition) is 1. The van der Waals surface area contributed by atoms with E-state index in [4.69, 9.17) is 5.73 Å². The lowest BCUT2D eigenvalue weighted by Gasteiger charge is -2.31.